The molecule has 1 atom stereocenters. The third-order valence-electron chi connectivity index (χ3n) is 5.54. The van der Waals surface area contributed by atoms with Crippen LogP contribution in [0.15, 0.2) is 29.3 Å². The molecule has 1 saturated carbocycles. The Balaban J connectivity index is 0.00000225. The summed E-state index contributed by atoms with van der Waals surface area (Å²) in [6, 6.07) is 7.07. The number of carbonyl (C=O) groups excluding carboxylic acids is 2. The molecule has 0 radical (unpaired) electrons. The lowest BCUT2D eigenvalue weighted by atomic mass is 9.96. The second-order valence-corrected chi connectivity index (χ2v) is 8.72. The van der Waals surface area contributed by atoms with Crippen LogP contribution in [0.4, 0.5) is 10.5 Å². The van der Waals surface area contributed by atoms with Crippen molar-refractivity contribution in [2.45, 2.75) is 31.8 Å². The van der Waals surface area contributed by atoms with Gasteiger partial charge in [0.15, 0.2) is 5.96 Å². The summed E-state index contributed by atoms with van der Waals surface area (Å²) in [5.41, 5.74) is 6.84. The van der Waals surface area contributed by atoms with Crippen molar-refractivity contribution < 1.29 is 9.59 Å². The molecule has 3 amide bonds. The van der Waals surface area contributed by atoms with E-state index in [1.807, 2.05) is 36.9 Å². The van der Waals surface area contributed by atoms with Crippen molar-refractivity contribution in [3.8, 4) is 0 Å². The lowest BCUT2D eigenvalue weighted by molar-refractivity contribution is -0.122. The number of urea groups is 1. The minimum atomic E-state index is -0.776. The standard InChI is InChI=1S/C19H25N5O2S.HI/c1-19(14-5-6-14)16(25)24(18(26)22-19)15-4-2-3-13(11-15)12-21-17(20)23-7-9-27-10-8-23;/h2-4,11,14H,5-10,12H2,1H3,(H2,20,21)(H,22,26);1H. The Kier molecular flexibility index (Phi) is 6.43. The molecule has 0 aromatic heterocycles. The van der Waals surface area contributed by atoms with E-state index < -0.39 is 5.54 Å². The Labute approximate surface area is 186 Å². The van der Waals surface area contributed by atoms with E-state index in [0.717, 1.165) is 43.0 Å². The summed E-state index contributed by atoms with van der Waals surface area (Å²) in [6.45, 7) is 4.09. The first-order valence-electron chi connectivity index (χ1n) is 9.37. The largest absolute Gasteiger partial charge is 0.370 e. The predicted octanol–water partition coefficient (Wildman–Crippen LogP) is 2.39. The average molecular weight is 515 g/mol. The molecule has 1 aliphatic carbocycles. The minimum Gasteiger partial charge on any atom is -0.370 e. The number of amides is 3. The molecule has 0 bridgehead atoms. The number of nitrogens with one attached hydrogen (secondary N) is 1. The Bertz CT molecular complexity index is 794. The van der Waals surface area contributed by atoms with Crippen LogP contribution in [0, 0.1) is 5.92 Å². The van der Waals surface area contributed by atoms with E-state index in [1.165, 1.54) is 4.90 Å². The molecule has 1 aromatic carbocycles. The van der Waals surface area contributed by atoms with Crippen molar-refractivity contribution in [1.82, 2.24) is 10.2 Å². The molecule has 2 heterocycles. The normalized spacial score (nSPS) is 25.5. The zero-order valence-corrected chi connectivity index (χ0v) is 19.0. The first kappa shape index (κ1) is 21.2. The minimum absolute atomic E-state index is 0. The molecule has 4 rings (SSSR count). The van der Waals surface area contributed by atoms with Gasteiger partial charge in [-0.05, 0) is 43.4 Å². The van der Waals surface area contributed by atoms with Gasteiger partial charge in [0, 0.05) is 24.6 Å². The van der Waals surface area contributed by atoms with Gasteiger partial charge in [-0.15, -0.1) is 24.0 Å². The molecule has 3 N–H and O–H groups in total. The van der Waals surface area contributed by atoms with Crippen LogP contribution in [-0.2, 0) is 11.3 Å². The average Bonchev–Trinajstić information content (AvgIpc) is 3.50. The van der Waals surface area contributed by atoms with E-state index in [-0.39, 0.29) is 41.8 Å². The maximum Gasteiger partial charge on any atom is 0.329 e. The topological polar surface area (TPSA) is 91.0 Å². The molecular weight excluding hydrogens is 489 g/mol. The van der Waals surface area contributed by atoms with Crippen LogP contribution >= 0.6 is 35.7 Å². The zero-order valence-electron chi connectivity index (χ0n) is 15.9. The van der Waals surface area contributed by atoms with Crippen molar-refractivity contribution in [1.29, 1.82) is 0 Å². The Morgan fingerprint density at radius 3 is 2.71 bits per heavy atom. The molecule has 152 valence electrons. The number of halogens is 1. The van der Waals surface area contributed by atoms with Crippen molar-refractivity contribution >= 4 is 59.3 Å². The van der Waals surface area contributed by atoms with Gasteiger partial charge in [-0.1, -0.05) is 12.1 Å². The van der Waals surface area contributed by atoms with E-state index in [0.29, 0.717) is 18.2 Å². The number of nitrogens with zero attached hydrogens (tertiary/aromatic N) is 3. The number of guanidine groups is 1. The van der Waals surface area contributed by atoms with Crippen LogP contribution in [0.1, 0.15) is 25.3 Å². The number of hydrogen-bond donors (Lipinski definition) is 2. The number of aliphatic imine (C=N–C) groups is 1. The highest BCUT2D eigenvalue weighted by atomic mass is 127. The van der Waals surface area contributed by atoms with E-state index >= 15 is 0 Å². The number of imide groups is 1. The Hall–Kier alpha value is -1.49. The third-order valence-corrected chi connectivity index (χ3v) is 6.48. The SMILES string of the molecule is CC1(C2CC2)NC(=O)N(c2cccc(CN=C(N)N3CCSCC3)c2)C1=O.I. The van der Waals surface area contributed by atoms with Gasteiger partial charge in [0.25, 0.3) is 5.91 Å². The number of thioether (sulfide) groups is 1. The van der Waals surface area contributed by atoms with E-state index in [2.05, 4.69) is 15.2 Å². The fraction of sp³-hybridized carbons (Fsp3) is 0.526. The van der Waals surface area contributed by atoms with Crippen molar-refractivity contribution in [3.63, 3.8) is 0 Å². The molecule has 2 aliphatic heterocycles. The molecule has 7 nitrogen and oxygen atoms in total. The van der Waals surface area contributed by atoms with Crippen molar-refractivity contribution in [2.75, 3.05) is 29.5 Å². The second kappa shape index (κ2) is 8.48. The Morgan fingerprint density at radius 1 is 1.32 bits per heavy atom. The maximum absolute atomic E-state index is 12.9. The smallest absolute Gasteiger partial charge is 0.329 e. The van der Waals surface area contributed by atoms with Gasteiger partial charge in [0.2, 0.25) is 0 Å². The molecule has 28 heavy (non-hydrogen) atoms. The van der Waals surface area contributed by atoms with Crippen molar-refractivity contribution in [3.05, 3.63) is 29.8 Å². The van der Waals surface area contributed by atoms with Gasteiger partial charge in [0.05, 0.1) is 12.2 Å². The summed E-state index contributed by atoms with van der Waals surface area (Å²) in [6.07, 6.45) is 1.97. The Morgan fingerprint density at radius 2 is 2.04 bits per heavy atom. The molecule has 2 saturated heterocycles. The fourth-order valence-electron chi connectivity index (χ4n) is 3.69. The highest BCUT2D eigenvalue weighted by Gasteiger charge is 2.56. The summed E-state index contributed by atoms with van der Waals surface area (Å²) in [5.74, 6) is 2.77. The van der Waals surface area contributed by atoms with Crippen LogP contribution in [0.25, 0.3) is 0 Å². The van der Waals surface area contributed by atoms with Crippen LogP contribution < -0.4 is 16.0 Å². The molecule has 0 spiro atoms. The predicted molar refractivity (Wildman–Crippen MR) is 123 cm³/mol. The van der Waals surface area contributed by atoms with Crippen LogP contribution in [0.5, 0.6) is 0 Å². The summed E-state index contributed by atoms with van der Waals surface area (Å²) < 4.78 is 0. The van der Waals surface area contributed by atoms with E-state index in [9.17, 15) is 9.59 Å². The zero-order chi connectivity index (χ0) is 19.0. The number of hydrogen-bond acceptors (Lipinski definition) is 4. The lowest BCUT2D eigenvalue weighted by Crippen LogP contribution is -2.46. The van der Waals surface area contributed by atoms with Gasteiger partial charge >= 0.3 is 6.03 Å². The number of carbonyl (C=O) groups is 2. The number of nitrogens with two attached hydrogens (primary N) is 1. The van der Waals surface area contributed by atoms with Crippen molar-refractivity contribution in [2.24, 2.45) is 16.6 Å². The van der Waals surface area contributed by atoms with Crippen LogP contribution in [0.2, 0.25) is 0 Å². The van der Waals surface area contributed by atoms with Gasteiger partial charge < -0.3 is 16.0 Å². The highest BCUT2D eigenvalue weighted by Crippen LogP contribution is 2.43. The quantitative estimate of drug-likeness (QED) is 0.278. The number of rotatable bonds is 4. The lowest BCUT2D eigenvalue weighted by Gasteiger charge is -2.27. The fourth-order valence-corrected chi connectivity index (χ4v) is 4.59. The molecule has 9 heteroatoms. The summed E-state index contributed by atoms with van der Waals surface area (Å²) in [5, 5.41) is 2.88. The second-order valence-electron chi connectivity index (χ2n) is 7.49. The molecule has 1 unspecified atom stereocenters. The molecule has 3 aliphatic rings. The summed E-state index contributed by atoms with van der Waals surface area (Å²) >= 11 is 1.93. The van der Waals surface area contributed by atoms with E-state index in [4.69, 9.17) is 5.73 Å². The molecule has 1 aromatic rings. The highest BCUT2D eigenvalue weighted by molar-refractivity contribution is 14.0. The molecule has 3 fully saturated rings. The summed E-state index contributed by atoms with van der Waals surface area (Å²) in [7, 11) is 0. The van der Waals surface area contributed by atoms with Crippen LogP contribution in [-0.4, -0.2) is 52.9 Å². The first-order chi connectivity index (χ1) is 13.0. The summed E-state index contributed by atoms with van der Waals surface area (Å²) in [4.78, 5) is 33.2. The number of benzene rings is 1. The van der Waals surface area contributed by atoms with Gasteiger partial charge in [-0.25, -0.2) is 14.7 Å². The third kappa shape index (κ3) is 4.10. The van der Waals surface area contributed by atoms with Gasteiger partial charge in [-0.2, -0.15) is 11.8 Å². The van der Waals surface area contributed by atoms with Gasteiger partial charge in [-0.3, -0.25) is 4.79 Å². The van der Waals surface area contributed by atoms with E-state index in [1.54, 1.807) is 6.07 Å². The number of anilines is 1. The maximum atomic E-state index is 12.9. The van der Waals surface area contributed by atoms with Crippen LogP contribution in [0.3, 0.4) is 0 Å². The molecular formula is C19H26IN5O2S. The monoisotopic (exact) mass is 515 g/mol. The first-order valence-corrected chi connectivity index (χ1v) is 10.5. The van der Waals surface area contributed by atoms with Gasteiger partial charge in [0.1, 0.15) is 5.54 Å².